The van der Waals surface area contributed by atoms with Gasteiger partial charge in [0.2, 0.25) is 0 Å². The van der Waals surface area contributed by atoms with E-state index in [1.165, 1.54) is 5.56 Å². The molecule has 1 fully saturated rings. The Morgan fingerprint density at radius 3 is 2.45 bits per heavy atom. The average Bonchev–Trinajstić information content (AvgIpc) is 2.87. The molecule has 1 aromatic rings. The van der Waals surface area contributed by atoms with Crippen LogP contribution in [-0.4, -0.2) is 24.7 Å². The lowest BCUT2D eigenvalue weighted by Crippen LogP contribution is -2.29. The molecule has 1 aliphatic rings. The number of carbonyl (C=O) groups is 1. The van der Waals surface area contributed by atoms with Gasteiger partial charge in [-0.25, -0.2) is 0 Å². The lowest BCUT2D eigenvalue weighted by molar-refractivity contribution is -0.126. The first-order chi connectivity index (χ1) is 9.40. The number of amides is 1. The fourth-order valence-corrected chi connectivity index (χ4v) is 2.35. The summed E-state index contributed by atoms with van der Waals surface area (Å²) in [5.41, 5.74) is 7.72. The minimum atomic E-state index is -0.370. The lowest BCUT2D eigenvalue weighted by atomic mass is 9.87. The molecule has 0 spiro atoms. The first kappa shape index (κ1) is 15.0. The van der Waals surface area contributed by atoms with Crippen LogP contribution in [0.1, 0.15) is 39.2 Å². The van der Waals surface area contributed by atoms with Crippen molar-refractivity contribution in [2.75, 3.05) is 11.9 Å². The van der Waals surface area contributed by atoms with Gasteiger partial charge in [0.15, 0.2) is 0 Å². The van der Waals surface area contributed by atoms with E-state index in [1.807, 2.05) is 24.3 Å². The second-order valence-electron chi connectivity index (χ2n) is 6.38. The number of ether oxygens (including phenoxy) is 1. The molecular weight excluding hydrogens is 252 g/mol. The molecule has 110 valence electrons. The molecular formula is C16H24N2O2. The molecule has 1 amide bonds. The van der Waals surface area contributed by atoms with Crippen LogP contribution < -0.4 is 11.1 Å². The van der Waals surface area contributed by atoms with Crippen molar-refractivity contribution in [2.45, 2.75) is 51.2 Å². The van der Waals surface area contributed by atoms with Crippen LogP contribution in [0.2, 0.25) is 0 Å². The Morgan fingerprint density at radius 2 is 1.95 bits per heavy atom. The van der Waals surface area contributed by atoms with Crippen LogP contribution in [-0.2, 0) is 14.9 Å². The van der Waals surface area contributed by atoms with Gasteiger partial charge in [-0.2, -0.15) is 0 Å². The fourth-order valence-electron chi connectivity index (χ4n) is 2.35. The molecule has 1 saturated heterocycles. The molecule has 0 aromatic heterocycles. The highest BCUT2D eigenvalue weighted by Gasteiger charge is 2.29. The van der Waals surface area contributed by atoms with Gasteiger partial charge in [0, 0.05) is 12.2 Å². The Morgan fingerprint density at radius 1 is 1.30 bits per heavy atom. The summed E-state index contributed by atoms with van der Waals surface area (Å²) < 4.78 is 5.59. The van der Waals surface area contributed by atoms with E-state index in [4.69, 9.17) is 10.5 Å². The molecule has 3 N–H and O–H groups in total. The minimum absolute atomic E-state index is 0.0222. The molecule has 0 radical (unpaired) electrons. The third-order valence-electron chi connectivity index (χ3n) is 3.68. The summed E-state index contributed by atoms with van der Waals surface area (Å²) in [6.45, 7) is 6.98. The van der Waals surface area contributed by atoms with Gasteiger partial charge in [-0.05, 0) is 36.0 Å². The highest BCUT2D eigenvalue weighted by Crippen LogP contribution is 2.24. The largest absolute Gasteiger partial charge is 0.364 e. The molecule has 4 heteroatoms. The molecule has 1 heterocycles. The Hall–Kier alpha value is -1.39. The summed E-state index contributed by atoms with van der Waals surface area (Å²) >= 11 is 0. The summed E-state index contributed by atoms with van der Waals surface area (Å²) in [4.78, 5) is 12.1. The summed E-state index contributed by atoms with van der Waals surface area (Å²) in [5, 5.41) is 2.90. The van der Waals surface area contributed by atoms with Crippen LogP contribution in [0, 0.1) is 0 Å². The van der Waals surface area contributed by atoms with Gasteiger partial charge in [-0.1, -0.05) is 32.9 Å². The van der Waals surface area contributed by atoms with Crippen molar-refractivity contribution in [3.63, 3.8) is 0 Å². The molecule has 2 rings (SSSR count). The van der Waals surface area contributed by atoms with E-state index in [9.17, 15) is 4.79 Å². The van der Waals surface area contributed by atoms with Gasteiger partial charge >= 0.3 is 0 Å². The number of nitrogens with one attached hydrogen (secondary N) is 1. The number of nitrogens with two attached hydrogens (primary N) is 1. The summed E-state index contributed by atoms with van der Waals surface area (Å²) in [5.74, 6) is -0.0792. The van der Waals surface area contributed by atoms with Crippen LogP contribution in [0.3, 0.4) is 0 Å². The van der Waals surface area contributed by atoms with Crippen molar-refractivity contribution in [3.8, 4) is 0 Å². The van der Waals surface area contributed by atoms with Crippen molar-refractivity contribution in [3.05, 3.63) is 29.8 Å². The number of hydrogen-bond donors (Lipinski definition) is 2. The normalized spacial score (nSPS) is 22.8. The smallest absolute Gasteiger partial charge is 0.253 e. The summed E-state index contributed by atoms with van der Waals surface area (Å²) in [6.07, 6.45) is 1.26. The van der Waals surface area contributed by atoms with Crippen LogP contribution in [0.5, 0.6) is 0 Å². The molecule has 20 heavy (non-hydrogen) atoms. The number of hydrogen-bond acceptors (Lipinski definition) is 3. The fraction of sp³-hybridized carbons (Fsp3) is 0.562. The average molecular weight is 276 g/mol. The van der Waals surface area contributed by atoms with E-state index in [1.54, 1.807) is 0 Å². The first-order valence-electron chi connectivity index (χ1n) is 7.17. The van der Waals surface area contributed by atoms with Gasteiger partial charge < -0.3 is 15.8 Å². The minimum Gasteiger partial charge on any atom is -0.364 e. The van der Waals surface area contributed by atoms with Crippen LogP contribution in [0.25, 0.3) is 0 Å². The van der Waals surface area contributed by atoms with E-state index in [-0.39, 0.29) is 23.5 Å². The molecule has 1 aromatic carbocycles. The van der Waals surface area contributed by atoms with E-state index in [2.05, 4.69) is 26.1 Å². The topological polar surface area (TPSA) is 64.4 Å². The van der Waals surface area contributed by atoms with E-state index < -0.39 is 0 Å². The molecule has 0 saturated carbocycles. The molecule has 4 nitrogen and oxygen atoms in total. The third-order valence-corrected chi connectivity index (χ3v) is 3.68. The maximum absolute atomic E-state index is 12.1. The third kappa shape index (κ3) is 3.58. The Balaban J connectivity index is 1.95. The molecule has 0 aliphatic carbocycles. The van der Waals surface area contributed by atoms with Gasteiger partial charge in [0.1, 0.15) is 6.10 Å². The van der Waals surface area contributed by atoms with E-state index >= 15 is 0 Å². The molecule has 0 bridgehead atoms. The van der Waals surface area contributed by atoms with Crippen molar-refractivity contribution in [2.24, 2.45) is 5.73 Å². The first-order valence-corrected chi connectivity index (χ1v) is 7.17. The van der Waals surface area contributed by atoms with E-state index in [0.717, 1.165) is 18.5 Å². The molecule has 1 aliphatic heterocycles. The zero-order chi connectivity index (χ0) is 14.8. The highest BCUT2D eigenvalue weighted by atomic mass is 16.5. The van der Waals surface area contributed by atoms with Gasteiger partial charge in [0.05, 0.1) is 6.10 Å². The van der Waals surface area contributed by atoms with Gasteiger partial charge in [-0.15, -0.1) is 0 Å². The van der Waals surface area contributed by atoms with Crippen molar-refractivity contribution < 1.29 is 9.53 Å². The van der Waals surface area contributed by atoms with Gasteiger partial charge in [-0.3, -0.25) is 4.79 Å². The monoisotopic (exact) mass is 276 g/mol. The maximum atomic E-state index is 12.1. The molecule has 2 atom stereocenters. The number of anilines is 1. The number of benzene rings is 1. The quantitative estimate of drug-likeness (QED) is 0.891. The SMILES string of the molecule is CC(C)(C)c1ccc(NC(=O)C2CCC(CN)O2)cc1. The lowest BCUT2D eigenvalue weighted by Gasteiger charge is -2.19. The second kappa shape index (κ2) is 5.94. The van der Waals surface area contributed by atoms with Gasteiger partial charge in [0.25, 0.3) is 5.91 Å². The Labute approximate surface area is 120 Å². The standard InChI is InChI=1S/C16H24N2O2/c1-16(2,3)11-4-6-12(7-5-11)18-15(19)14-9-8-13(10-17)20-14/h4-7,13-14H,8-10,17H2,1-3H3,(H,18,19). The zero-order valence-electron chi connectivity index (χ0n) is 12.5. The van der Waals surface area contributed by atoms with Crippen molar-refractivity contribution >= 4 is 11.6 Å². The van der Waals surface area contributed by atoms with Crippen molar-refractivity contribution in [1.29, 1.82) is 0 Å². The van der Waals surface area contributed by atoms with Crippen molar-refractivity contribution in [1.82, 2.24) is 0 Å². The predicted molar refractivity (Wildman–Crippen MR) is 80.7 cm³/mol. The summed E-state index contributed by atoms with van der Waals surface area (Å²) in [7, 11) is 0. The number of carbonyl (C=O) groups excluding carboxylic acids is 1. The Bertz CT molecular complexity index is 462. The summed E-state index contributed by atoms with van der Waals surface area (Å²) in [6, 6.07) is 7.98. The predicted octanol–water partition coefficient (Wildman–Crippen LogP) is 2.43. The van der Waals surface area contributed by atoms with Crippen LogP contribution in [0.4, 0.5) is 5.69 Å². The number of rotatable bonds is 3. The van der Waals surface area contributed by atoms with Crippen LogP contribution in [0.15, 0.2) is 24.3 Å². The maximum Gasteiger partial charge on any atom is 0.253 e. The zero-order valence-corrected chi connectivity index (χ0v) is 12.5. The molecule has 2 unspecified atom stereocenters. The Kier molecular flexibility index (Phi) is 4.45. The van der Waals surface area contributed by atoms with E-state index in [0.29, 0.717) is 6.54 Å². The van der Waals surface area contributed by atoms with Crippen LogP contribution >= 0.6 is 0 Å². The second-order valence-corrected chi connectivity index (χ2v) is 6.38. The highest BCUT2D eigenvalue weighted by molar-refractivity contribution is 5.94.